The molecule has 0 unspecified atom stereocenters. The fourth-order valence-electron chi connectivity index (χ4n) is 3.80. The lowest BCUT2D eigenvalue weighted by atomic mass is 9.98. The highest BCUT2D eigenvalue weighted by Crippen LogP contribution is 2.39. The van der Waals surface area contributed by atoms with Gasteiger partial charge in [0.1, 0.15) is 11.6 Å². The number of nitrogens with zero attached hydrogens (tertiary/aromatic N) is 1. The summed E-state index contributed by atoms with van der Waals surface area (Å²) in [4.78, 5) is 12.8. The van der Waals surface area contributed by atoms with E-state index in [-0.39, 0.29) is 44.7 Å². The minimum absolute atomic E-state index is 0.0317. The third kappa shape index (κ3) is 6.42. The molecule has 6 nitrogen and oxygen atoms in total. The molecule has 0 bridgehead atoms. The number of carbonyl (C=O) groups excluding carboxylic acids is 1. The molecule has 0 saturated carbocycles. The molecule has 1 amide bonds. The molecule has 0 aliphatic carbocycles. The minimum Gasteiger partial charge on any atom is -0.454 e. The summed E-state index contributed by atoms with van der Waals surface area (Å²) in [6.07, 6.45) is 1.33. The largest absolute Gasteiger partial charge is 0.454 e. The highest BCUT2D eigenvalue weighted by Gasteiger charge is 2.27. The van der Waals surface area contributed by atoms with Gasteiger partial charge < -0.3 is 10.1 Å². The van der Waals surface area contributed by atoms with Crippen LogP contribution in [0.15, 0.2) is 30.3 Å². The van der Waals surface area contributed by atoms with Gasteiger partial charge in [0.15, 0.2) is 5.75 Å². The zero-order valence-corrected chi connectivity index (χ0v) is 21.7. The van der Waals surface area contributed by atoms with Crippen LogP contribution in [0.4, 0.5) is 4.39 Å². The number of hydrogen-bond donors (Lipinski definition) is 1. The van der Waals surface area contributed by atoms with E-state index in [1.54, 1.807) is 13.0 Å². The van der Waals surface area contributed by atoms with Crippen LogP contribution in [0.5, 0.6) is 11.5 Å². The predicted octanol–water partition coefficient (Wildman–Crippen LogP) is 5.84. The number of ether oxygens (including phenoxy) is 1. The van der Waals surface area contributed by atoms with Gasteiger partial charge in [0.25, 0.3) is 5.91 Å². The maximum Gasteiger partial charge on any atom is 0.252 e. The van der Waals surface area contributed by atoms with Crippen LogP contribution in [-0.2, 0) is 10.0 Å². The zero-order chi connectivity index (χ0) is 25.0. The average Bonchev–Trinajstić information content (AvgIpc) is 2.80. The fraction of sp³-hybridized carbons (Fsp3) is 0.458. The molecule has 10 heteroatoms. The van der Waals surface area contributed by atoms with Crippen molar-refractivity contribution >= 4 is 39.1 Å². The Kier molecular flexibility index (Phi) is 8.84. The van der Waals surface area contributed by atoms with Crippen LogP contribution >= 0.6 is 23.2 Å². The Morgan fingerprint density at radius 3 is 2.50 bits per heavy atom. The lowest BCUT2D eigenvalue weighted by molar-refractivity contribution is 0.0941. The number of hydrogen-bond acceptors (Lipinski definition) is 4. The van der Waals surface area contributed by atoms with E-state index in [1.165, 1.54) is 28.6 Å². The molecular formula is C24H29Cl2FN2O4S. The van der Waals surface area contributed by atoms with Gasteiger partial charge in [-0.1, -0.05) is 37.0 Å². The van der Waals surface area contributed by atoms with Crippen molar-refractivity contribution in [3.63, 3.8) is 0 Å². The Hall–Kier alpha value is -1.87. The fourth-order valence-corrected chi connectivity index (χ4v) is 5.47. The molecule has 3 rings (SSSR count). The maximum absolute atomic E-state index is 14.0. The zero-order valence-electron chi connectivity index (χ0n) is 19.4. The summed E-state index contributed by atoms with van der Waals surface area (Å²) in [5, 5.41) is 3.10. The first kappa shape index (κ1) is 26.7. The third-order valence-electron chi connectivity index (χ3n) is 5.96. The Morgan fingerprint density at radius 1 is 1.21 bits per heavy atom. The van der Waals surface area contributed by atoms with E-state index in [0.29, 0.717) is 32.5 Å². The summed E-state index contributed by atoms with van der Waals surface area (Å²) in [6, 6.07) is 7.39. The van der Waals surface area contributed by atoms with Crippen molar-refractivity contribution in [1.29, 1.82) is 0 Å². The summed E-state index contributed by atoms with van der Waals surface area (Å²) in [5.74, 6) is -0.182. The Bertz CT molecular complexity index is 1150. The standard InChI is InChI=1S/C24H29Cl2FN2O4S/c1-4-34(31,32)29-9-7-16(8-10-29)14-28-24(30)20-5-6-21(25)23(22(20)26)33-19-12-17(15(2)3)11-18(27)13-19/h5-6,11-13,15-16H,4,7-10,14H2,1-3H3,(H,28,30). The number of benzene rings is 2. The number of sulfonamides is 1. The molecule has 0 radical (unpaired) electrons. The van der Waals surface area contributed by atoms with Crippen LogP contribution in [0.25, 0.3) is 0 Å². The summed E-state index contributed by atoms with van der Waals surface area (Å²) in [5.41, 5.74) is 0.946. The van der Waals surface area contributed by atoms with E-state index < -0.39 is 21.7 Å². The number of amides is 1. The first-order valence-electron chi connectivity index (χ1n) is 11.2. The SMILES string of the molecule is CCS(=O)(=O)N1CCC(CNC(=O)c2ccc(Cl)c(Oc3cc(F)cc(C(C)C)c3)c2Cl)CC1. The predicted molar refractivity (Wildman–Crippen MR) is 133 cm³/mol. The second-order valence-electron chi connectivity index (χ2n) is 8.67. The van der Waals surface area contributed by atoms with Crippen molar-refractivity contribution in [2.24, 2.45) is 5.92 Å². The van der Waals surface area contributed by atoms with Crippen molar-refractivity contribution in [3.05, 3.63) is 57.3 Å². The van der Waals surface area contributed by atoms with Gasteiger partial charge in [-0.2, -0.15) is 0 Å². The highest BCUT2D eigenvalue weighted by molar-refractivity contribution is 7.89. The van der Waals surface area contributed by atoms with Crippen molar-refractivity contribution in [3.8, 4) is 11.5 Å². The van der Waals surface area contributed by atoms with Crippen molar-refractivity contribution in [1.82, 2.24) is 9.62 Å². The highest BCUT2D eigenvalue weighted by atomic mass is 35.5. The van der Waals surface area contributed by atoms with E-state index in [2.05, 4.69) is 5.32 Å². The second-order valence-corrected chi connectivity index (χ2v) is 11.7. The molecule has 1 aliphatic heterocycles. The van der Waals surface area contributed by atoms with Gasteiger partial charge in [0.05, 0.1) is 21.4 Å². The number of rotatable bonds is 8. The molecule has 0 spiro atoms. The molecule has 1 saturated heterocycles. The molecule has 1 N–H and O–H groups in total. The second kappa shape index (κ2) is 11.2. The van der Waals surface area contributed by atoms with E-state index in [9.17, 15) is 17.6 Å². The van der Waals surface area contributed by atoms with Gasteiger partial charge >= 0.3 is 0 Å². The number of piperidine rings is 1. The van der Waals surface area contributed by atoms with Gasteiger partial charge in [-0.3, -0.25) is 4.79 Å². The maximum atomic E-state index is 14.0. The van der Waals surface area contributed by atoms with E-state index >= 15 is 0 Å². The average molecular weight is 531 g/mol. The van der Waals surface area contributed by atoms with Crippen LogP contribution in [0, 0.1) is 11.7 Å². The summed E-state index contributed by atoms with van der Waals surface area (Å²) in [7, 11) is -3.19. The van der Waals surface area contributed by atoms with E-state index in [0.717, 1.165) is 5.56 Å². The summed E-state index contributed by atoms with van der Waals surface area (Å²) < 4.78 is 45.4. The Balaban J connectivity index is 1.68. The molecule has 186 valence electrons. The summed E-state index contributed by atoms with van der Waals surface area (Å²) in [6.45, 7) is 6.81. The van der Waals surface area contributed by atoms with E-state index in [4.69, 9.17) is 27.9 Å². The molecule has 0 aromatic heterocycles. The van der Waals surface area contributed by atoms with E-state index in [1.807, 2.05) is 13.8 Å². The molecule has 0 atom stereocenters. The normalized spacial score (nSPS) is 15.5. The molecule has 1 aliphatic rings. The van der Waals surface area contributed by atoms with Crippen molar-refractivity contribution in [2.45, 2.75) is 39.5 Å². The number of nitrogens with one attached hydrogen (secondary N) is 1. The van der Waals surface area contributed by atoms with Gasteiger partial charge in [-0.05, 0) is 61.4 Å². The monoisotopic (exact) mass is 530 g/mol. The lowest BCUT2D eigenvalue weighted by Gasteiger charge is -2.31. The number of halogens is 3. The van der Waals surface area contributed by atoms with Gasteiger partial charge in [-0.25, -0.2) is 17.1 Å². The van der Waals surface area contributed by atoms with Crippen LogP contribution < -0.4 is 10.1 Å². The van der Waals surface area contributed by atoms with Gasteiger partial charge in [0, 0.05) is 25.7 Å². The molecule has 2 aromatic carbocycles. The first-order chi connectivity index (χ1) is 16.0. The van der Waals surface area contributed by atoms with Crippen LogP contribution in [0.1, 0.15) is 55.5 Å². The van der Waals surface area contributed by atoms with Crippen LogP contribution in [-0.4, -0.2) is 44.0 Å². The van der Waals surface area contributed by atoms with Crippen molar-refractivity contribution in [2.75, 3.05) is 25.4 Å². The molecule has 34 heavy (non-hydrogen) atoms. The topological polar surface area (TPSA) is 75.7 Å². The third-order valence-corrected chi connectivity index (χ3v) is 8.51. The van der Waals surface area contributed by atoms with Gasteiger partial charge in [-0.15, -0.1) is 0 Å². The van der Waals surface area contributed by atoms with Crippen molar-refractivity contribution < 1.29 is 22.3 Å². The molecule has 1 fully saturated rings. The first-order valence-corrected chi connectivity index (χ1v) is 13.6. The van der Waals surface area contributed by atoms with Crippen LogP contribution in [0.3, 0.4) is 0 Å². The minimum atomic E-state index is -3.19. The molecular weight excluding hydrogens is 502 g/mol. The Morgan fingerprint density at radius 2 is 1.88 bits per heavy atom. The van der Waals surface area contributed by atoms with Crippen LogP contribution in [0.2, 0.25) is 10.0 Å². The van der Waals surface area contributed by atoms with Gasteiger partial charge in [0.2, 0.25) is 10.0 Å². The smallest absolute Gasteiger partial charge is 0.252 e. The lowest BCUT2D eigenvalue weighted by Crippen LogP contribution is -2.42. The molecule has 2 aromatic rings. The Labute approximate surface area is 210 Å². The molecule has 1 heterocycles. The quantitative estimate of drug-likeness (QED) is 0.465. The number of carbonyl (C=O) groups is 1. The summed E-state index contributed by atoms with van der Waals surface area (Å²) >= 11 is 12.7.